The molecule has 1 unspecified atom stereocenters. The maximum absolute atomic E-state index is 12.7. The van der Waals surface area contributed by atoms with E-state index in [0.717, 1.165) is 6.07 Å². The third-order valence-corrected chi connectivity index (χ3v) is 4.93. The van der Waals surface area contributed by atoms with Crippen LogP contribution in [0.1, 0.15) is 27.6 Å². The number of imide groups is 1. The summed E-state index contributed by atoms with van der Waals surface area (Å²) in [6, 6.07) is 5.34. The second kappa shape index (κ2) is 7.99. The van der Waals surface area contributed by atoms with E-state index in [2.05, 4.69) is 5.32 Å². The summed E-state index contributed by atoms with van der Waals surface area (Å²) >= 11 is 6.16. The minimum Gasteiger partial charge on any atom is -0.493 e. The monoisotopic (exact) mass is 433 g/mol. The van der Waals surface area contributed by atoms with E-state index in [4.69, 9.17) is 21.1 Å². The smallest absolute Gasteiger partial charge is 0.282 e. The predicted molar refractivity (Wildman–Crippen MR) is 106 cm³/mol. The highest BCUT2D eigenvalue weighted by molar-refractivity contribution is 6.34. The Balaban J connectivity index is 1.89. The van der Waals surface area contributed by atoms with Gasteiger partial charge in [0.15, 0.2) is 11.5 Å². The average Bonchev–Trinajstić information content (AvgIpc) is 2.98. The van der Waals surface area contributed by atoms with E-state index < -0.39 is 34.4 Å². The second-order valence-corrected chi connectivity index (χ2v) is 6.70. The number of nitrogens with one attached hydrogen (secondary N) is 1. The van der Waals surface area contributed by atoms with Crippen molar-refractivity contribution in [2.24, 2.45) is 0 Å². The number of fused-ring (bicyclic) bond motifs is 1. The minimum atomic E-state index is -1.26. The van der Waals surface area contributed by atoms with Crippen LogP contribution in [0.2, 0.25) is 5.02 Å². The molecule has 1 aliphatic rings. The molecule has 0 bridgehead atoms. The summed E-state index contributed by atoms with van der Waals surface area (Å²) in [5.41, 5.74) is -0.785. The van der Waals surface area contributed by atoms with E-state index in [1.807, 2.05) is 0 Å². The number of amides is 3. The maximum Gasteiger partial charge on any atom is 0.282 e. The molecule has 0 saturated heterocycles. The van der Waals surface area contributed by atoms with Crippen LogP contribution in [0, 0.1) is 10.1 Å². The third kappa shape index (κ3) is 3.41. The maximum atomic E-state index is 12.7. The first-order chi connectivity index (χ1) is 14.2. The molecule has 1 aliphatic heterocycles. The normalized spacial score (nSPS) is 13.7. The van der Waals surface area contributed by atoms with Gasteiger partial charge in [0, 0.05) is 18.2 Å². The summed E-state index contributed by atoms with van der Waals surface area (Å²) < 4.78 is 10.3. The summed E-state index contributed by atoms with van der Waals surface area (Å²) in [6.45, 7) is 1.33. The van der Waals surface area contributed by atoms with Gasteiger partial charge >= 0.3 is 0 Å². The molecular formula is C19H16ClN3O7. The molecular weight excluding hydrogens is 418 g/mol. The quantitative estimate of drug-likeness (QED) is 0.421. The van der Waals surface area contributed by atoms with Gasteiger partial charge in [0.05, 0.1) is 35.4 Å². The standard InChI is InChI=1S/C19H16ClN3O7/c1-9(17(24)21-12-8-15(30-3)14(29-2)7-11(12)20)22-18(25)10-5-4-6-13(23(27)28)16(10)19(22)26/h4-9H,1-3H3,(H,21,24). The number of rotatable bonds is 6. The molecule has 30 heavy (non-hydrogen) atoms. The first-order valence-electron chi connectivity index (χ1n) is 8.59. The van der Waals surface area contributed by atoms with Crippen LogP contribution in [-0.2, 0) is 4.79 Å². The highest BCUT2D eigenvalue weighted by atomic mass is 35.5. The van der Waals surface area contributed by atoms with Crippen LogP contribution in [0.3, 0.4) is 0 Å². The van der Waals surface area contributed by atoms with Gasteiger partial charge in [-0.2, -0.15) is 0 Å². The Morgan fingerprint density at radius 3 is 2.40 bits per heavy atom. The number of anilines is 1. The zero-order valence-electron chi connectivity index (χ0n) is 16.1. The van der Waals surface area contributed by atoms with E-state index in [1.165, 1.54) is 45.4 Å². The molecule has 2 aromatic rings. The van der Waals surface area contributed by atoms with Crippen molar-refractivity contribution in [2.75, 3.05) is 19.5 Å². The molecule has 0 radical (unpaired) electrons. The van der Waals surface area contributed by atoms with Crippen molar-refractivity contribution in [3.05, 3.63) is 56.6 Å². The number of nitrogens with zero attached hydrogens (tertiary/aromatic N) is 2. The van der Waals surface area contributed by atoms with Crippen LogP contribution in [0.25, 0.3) is 0 Å². The summed E-state index contributed by atoms with van der Waals surface area (Å²) in [5.74, 6) is -1.77. The van der Waals surface area contributed by atoms with E-state index >= 15 is 0 Å². The van der Waals surface area contributed by atoms with Crippen LogP contribution in [0.4, 0.5) is 11.4 Å². The van der Waals surface area contributed by atoms with E-state index in [9.17, 15) is 24.5 Å². The lowest BCUT2D eigenvalue weighted by molar-refractivity contribution is -0.385. The zero-order valence-corrected chi connectivity index (χ0v) is 16.9. The molecule has 11 heteroatoms. The Kier molecular flexibility index (Phi) is 5.61. The first kappa shape index (κ1) is 21.1. The van der Waals surface area contributed by atoms with Gasteiger partial charge in [-0.15, -0.1) is 0 Å². The van der Waals surface area contributed by atoms with Gasteiger partial charge in [-0.05, 0) is 13.0 Å². The van der Waals surface area contributed by atoms with E-state index in [-0.39, 0.29) is 21.8 Å². The predicted octanol–water partition coefficient (Wildman–Crippen LogP) is 2.89. The number of hydrogen-bond donors (Lipinski definition) is 1. The molecule has 0 aliphatic carbocycles. The lowest BCUT2D eigenvalue weighted by Crippen LogP contribution is -2.45. The number of carbonyl (C=O) groups excluding carboxylic acids is 3. The van der Waals surface area contributed by atoms with Gasteiger partial charge < -0.3 is 14.8 Å². The second-order valence-electron chi connectivity index (χ2n) is 6.29. The highest BCUT2D eigenvalue weighted by Crippen LogP contribution is 2.37. The fraction of sp³-hybridized carbons (Fsp3) is 0.211. The third-order valence-electron chi connectivity index (χ3n) is 4.62. The summed E-state index contributed by atoms with van der Waals surface area (Å²) in [7, 11) is 2.83. The highest BCUT2D eigenvalue weighted by Gasteiger charge is 2.44. The van der Waals surface area contributed by atoms with Gasteiger partial charge in [-0.1, -0.05) is 17.7 Å². The molecule has 1 atom stereocenters. The molecule has 0 spiro atoms. The Hall–Kier alpha value is -3.66. The molecule has 156 valence electrons. The Labute approximate surface area is 175 Å². The van der Waals surface area contributed by atoms with Crippen molar-refractivity contribution in [2.45, 2.75) is 13.0 Å². The van der Waals surface area contributed by atoms with Crippen LogP contribution in [-0.4, -0.2) is 47.8 Å². The van der Waals surface area contributed by atoms with Gasteiger partial charge in [-0.25, -0.2) is 0 Å². The molecule has 2 aromatic carbocycles. The molecule has 0 aromatic heterocycles. The summed E-state index contributed by atoms with van der Waals surface area (Å²) in [4.78, 5) is 49.3. The fourth-order valence-corrected chi connectivity index (χ4v) is 3.29. The van der Waals surface area contributed by atoms with Gasteiger partial charge in [0.25, 0.3) is 17.5 Å². The first-order valence-corrected chi connectivity index (χ1v) is 8.96. The number of carbonyl (C=O) groups is 3. The number of nitro groups is 1. The fourth-order valence-electron chi connectivity index (χ4n) is 3.09. The molecule has 3 amide bonds. The summed E-state index contributed by atoms with van der Waals surface area (Å²) in [5, 5.41) is 13.9. The lowest BCUT2D eigenvalue weighted by Gasteiger charge is -2.22. The van der Waals surface area contributed by atoms with Crippen LogP contribution in [0.15, 0.2) is 30.3 Å². The number of hydrogen-bond acceptors (Lipinski definition) is 7. The molecule has 0 saturated carbocycles. The van der Waals surface area contributed by atoms with Gasteiger partial charge in [-0.3, -0.25) is 29.4 Å². The number of halogens is 1. The van der Waals surface area contributed by atoms with E-state index in [1.54, 1.807) is 0 Å². The van der Waals surface area contributed by atoms with Gasteiger partial charge in [0.2, 0.25) is 5.91 Å². The minimum absolute atomic E-state index is 0.127. The topological polar surface area (TPSA) is 128 Å². The van der Waals surface area contributed by atoms with Crippen molar-refractivity contribution in [1.29, 1.82) is 0 Å². The largest absolute Gasteiger partial charge is 0.493 e. The Morgan fingerprint density at radius 2 is 1.80 bits per heavy atom. The van der Waals surface area contributed by atoms with E-state index in [0.29, 0.717) is 16.4 Å². The Morgan fingerprint density at radius 1 is 1.17 bits per heavy atom. The van der Waals surface area contributed by atoms with Crippen LogP contribution in [0.5, 0.6) is 11.5 Å². The van der Waals surface area contributed by atoms with Crippen molar-refractivity contribution in [3.8, 4) is 11.5 Å². The number of methoxy groups -OCH3 is 2. The Bertz CT molecular complexity index is 1090. The van der Waals surface area contributed by atoms with Crippen LogP contribution < -0.4 is 14.8 Å². The molecule has 1 heterocycles. The number of nitro benzene ring substituents is 1. The number of benzene rings is 2. The van der Waals surface area contributed by atoms with Crippen molar-refractivity contribution in [3.63, 3.8) is 0 Å². The van der Waals surface area contributed by atoms with Gasteiger partial charge in [0.1, 0.15) is 11.6 Å². The van der Waals surface area contributed by atoms with Crippen molar-refractivity contribution in [1.82, 2.24) is 4.90 Å². The molecule has 3 rings (SSSR count). The lowest BCUT2D eigenvalue weighted by atomic mass is 10.1. The number of ether oxygens (including phenoxy) is 2. The molecule has 10 nitrogen and oxygen atoms in total. The summed E-state index contributed by atoms with van der Waals surface area (Å²) in [6.07, 6.45) is 0. The molecule has 1 N–H and O–H groups in total. The zero-order chi connectivity index (χ0) is 22.2. The van der Waals surface area contributed by atoms with Crippen molar-refractivity contribution < 1.29 is 28.8 Å². The molecule has 0 fully saturated rings. The van der Waals surface area contributed by atoms with Crippen LogP contribution >= 0.6 is 11.6 Å². The van der Waals surface area contributed by atoms with Crippen molar-refractivity contribution >= 4 is 40.7 Å². The SMILES string of the molecule is COc1cc(Cl)c(NC(=O)C(C)N2C(=O)c3cccc([N+](=O)[O-])c3C2=O)cc1OC. The average molecular weight is 434 g/mol.